The molecule has 1 aliphatic rings. The summed E-state index contributed by atoms with van der Waals surface area (Å²) >= 11 is 1.88. The van der Waals surface area contributed by atoms with Gasteiger partial charge in [-0.05, 0) is 55.7 Å². The number of para-hydroxylation sites is 1. The number of rotatable bonds is 5. The minimum absolute atomic E-state index is 0.0552. The van der Waals surface area contributed by atoms with Crippen LogP contribution in [0.3, 0.4) is 0 Å². The lowest BCUT2D eigenvalue weighted by Crippen LogP contribution is -2.37. The first-order valence-corrected chi connectivity index (χ1v) is 10.6. The highest BCUT2D eigenvalue weighted by molar-refractivity contribution is 7.99. The Hall–Kier alpha value is -2.47. The number of carbonyl (C=O) groups is 2. The number of benzene rings is 2. The molecule has 3 rings (SSSR count). The molecule has 2 aromatic carbocycles. The summed E-state index contributed by atoms with van der Waals surface area (Å²) in [7, 11) is 0. The van der Waals surface area contributed by atoms with Crippen LogP contribution in [0.15, 0.2) is 36.4 Å². The summed E-state index contributed by atoms with van der Waals surface area (Å²) in [5.74, 6) is 2.55. The zero-order valence-corrected chi connectivity index (χ0v) is 17.4. The third-order valence-electron chi connectivity index (χ3n) is 4.80. The van der Waals surface area contributed by atoms with E-state index in [9.17, 15) is 9.59 Å². The number of thioether (sulfide) groups is 1. The maximum Gasteiger partial charge on any atom is 0.262 e. The van der Waals surface area contributed by atoms with Gasteiger partial charge in [0.15, 0.2) is 6.61 Å². The summed E-state index contributed by atoms with van der Waals surface area (Å²) in [6.45, 7) is 7.33. The SMILES string of the molecule is Cc1cc(C(=O)N2CCSCC2)ccc1NC(=O)COc1c(C)cccc1C. The summed E-state index contributed by atoms with van der Waals surface area (Å²) in [5, 5.41) is 2.87. The highest BCUT2D eigenvalue weighted by atomic mass is 32.2. The summed E-state index contributed by atoms with van der Waals surface area (Å²) in [4.78, 5) is 26.8. The number of anilines is 1. The maximum absolute atomic E-state index is 12.6. The van der Waals surface area contributed by atoms with Gasteiger partial charge in [0.2, 0.25) is 0 Å². The van der Waals surface area contributed by atoms with Crippen LogP contribution in [0.5, 0.6) is 5.75 Å². The van der Waals surface area contributed by atoms with Crippen LogP contribution in [0.2, 0.25) is 0 Å². The minimum atomic E-state index is -0.224. The van der Waals surface area contributed by atoms with Gasteiger partial charge in [-0.3, -0.25) is 9.59 Å². The molecule has 0 saturated carbocycles. The van der Waals surface area contributed by atoms with Crippen LogP contribution < -0.4 is 10.1 Å². The van der Waals surface area contributed by atoms with Crippen LogP contribution in [0.1, 0.15) is 27.0 Å². The first kappa shape index (κ1) is 20.3. The Morgan fingerprint density at radius 1 is 1.04 bits per heavy atom. The molecular formula is C22H26N2O3S. The molecule has 0 atom stereocenters. The molecule has 0 unspecified atom stereocenters. The van der Waals surface area contributed by atoms with Gasteiger partial charge in [-0.1, -0.05) is 18.2 Å². The fourth-order valence-electron chi connectivity index (χ4n) is 3.24. The van der Waals surface area contributed by atoms with Crippen LogP contribution >= 0.6 is 11.8 Å². The van der Waals surface area contributed by atoms with Gasteiger partial charge in [-0.25, -0.2) is 0 Å². The minimum Gasteiger partial charge on any atom is -0.483 e. The van der Waals surface area contributed by atoms with Gasteiger partial charge in [0.1, 0.15) is 5.75 Å². The van der Waals surface area contributed by atoms with E-state index in [1.165, 1.54) is 0 Å². The molecule has 1 aliphatic heterocycles. The van der Waals surface area contributed by atoms with Crippen LogP contribution in [0, 0.1) is 20.8 Å². The van der Waals surface area contributed by atoms with Crippen molar-refractivity contribution in [3.63, 3.8) is 0 Å². The van der Waals surface area contributed by atoms with Gasteiger partial charge in [0, 0.05) is 35.8 Å². The van der Waals surface area contributed by atoms with Crippen LogP contribution in [0.25, 0.3) is 0 Å². The third kappa shape index (κ3) is 4.87. The van der Waals surface area contributed by atoms with Crippen molar-refractivity contribution < 1.29 is 14.3 Å². The lowest BCUT2D eigenvalue weighted by Gasteiger charge is -2.26. The Labute approximate surface area is 170 Å². The van der Waals surface area contributed by atoms with E-state index in [4.69, 9.17) is 4.74 Å². The average Bonchev–Trinajstić information content (AvgIpc) is 2.69. The topological polar surface area (TPSA) is 58.6 Å². The summed E-state index contributed by atoms with van der Waals surface area (Å²) < 4.78 is 5.71. The average molecular weight is 399 g/mol. The second-order valence-corrected chi connectivity index (χ2v) is 8.22. The molecule has 5 nitrogen and oxygen atoms in total. The molecule has 2 aromatic rings. The Kier molecular flexibility index (Phi) is 6.62. The van der Waals surface area contributed by atoms with Crippen molar-refractivity contribution in [1.29, 1.82) is 0 Å². The number of nitrogens with zero attached hydrogens (tertiary/aromatic N) is 1. The second kappa shape index (κ2) is 9.15. The van der Waals surface area contributed by atoms with Gasteiger partial charge in [-0.15, -0.1) is 0 Å². The van der Waals surface area contributed by atoms with E-state index in [2.05, 4.69) is 5.32 Å². The van der Waals surface area contributed by atoms with E-state index in [0.717, 1.165) is 47.0 Å². The van der Waals surface area contributed by atoms with E-state index < -0.39 is 0 Å². The lowest BCUT2D eigenvalue weighted by atomic mass is 10.1. The summed E-state index contributed by atoms with van der Waals surface area (Å²) in [6, 6.07) is 11.3. The fourth-order valence-corrected chi connectivity index (χ4v) is 4.14. The van der Waals surface area contributed by atoms with Gasteiger partial charge in [-0.2, -0.15) is 11.8 Å². The predicted molar refractivity (Wildman–Crippen MR) is 114 cm³/mol. The van der Waals surface area contributed by atoms with Crippen molar-refractivity contribution in [3.05, 3.63) is 58.7 Å². The largest absolute Gasteiger partial charge is 0.483 e. The molecular weight excluding hydrogens is 372 g/mol. The molecule has 6 heteroatoms. The van der Waals surface area contributed by atoms with Crippen molar-refractivity contribution in [1.82, 2.24) is 4.90 Å². The molecule has 1 fully saturated rings. The molecule has 0 aromatic heterocycles. The lowest BCUT2D eigenvalue weighted by molar-refractivity contribution is -0.118. The van der Waals surface area contributed by atoms with Gasteiger partial charge >= 0.3 is 0 Å². The monoisotopic (exact) mass is 398 g/mol. The summed E-state index contributed by atoms with van der Waals surface area (Å²) in [6.07, 6.45) is 0. The molecule has 0 bridgehead atoms. The van der Waals surface area contributed by atoms with Crippen molar-refractivity contribution in [3.8, 4) is 5.75 Å². The van der Waals surface area contributed by atoms with E-state index in [0.29, 0.717) is 11.3 Å². The van der Waals surface area contributed by atoms with Crippen LogP contribution in [-0.2, 0) is 4.79 Å². The Morgan fingerprint density at radius 2 is 1.71 bits per heavy atom. The number of hydrogen-bond donors (Lipinski definition) is 1. The number of amides is 2. The summed E-state index contributed by atoms with van der Waals surface area (Å²) in [5.41, 5.74) is 4.22. The fraction of sp³-hybridized carbons (Fsp3) is 0.364. The molecule has 148 valence electrons. The van der Waals surface area contributed by atoms with Crippen molar-refractivity contribution in [2.75, 3.05) is 36.5 Å². The van der Waals surface area contributed by atoms with Crippen molar-refractivity contribution >= 4 is 29.3 Å². The number of nitrogens with one attached hydrogen (secondary N) is 1. The molecule has 0 spiro atoms. The van der Waals surface area contributed by atoms with Gasteiger partial charge in [0.25, 0.3) is 11.8 Å². The molecule has 0 radical (unpaired) electrons. The smallest absolute Gasteiger partial charge is 0.262 e. The standard InChI is InChI=1S/C22H26N2O3S/c1-15-5-4-6-16(2)21(15)27-14-20(25)23-19-8-7-18(13-17(19)3)22(26)24-9-11-28-12-10-24/h4-8,13H,9-12,14H2,1-3H3,(H,23,25). The molecule has 1 saturated heterocycles. The third-order valence-corrected chi connectivity index (χ3v) is 5.74. The van der Waals surface area contributed by atoms with E-state index in [1.54, 1.807) is 12.1 Å². The molecule has 2 amide bonds. The van der Waals surface area contributed by atoms with Crippen LogP contribution in [-0.4, -0.2) is 47.9 Å². The number of aryl methyl sites for hydroxylation is 3. The number of carbonyl (C=O) groups excluding carboxylic acids is 2. The Bertz CT molecular complexity index is 856. The number of hydrogen-bond acceptors (Lipinski definition) is 4. The zero-order chi connectivity index (χ0) is 20.1. The maximum atomic E-state index is 12.6. The van der Waals surface area contributed by atoms with Crippen molar-refractivity contribution in [2.45, 2.75) is 20.8 Å². The molecule has 1 N–H and O–H groups in total. The highest BCUT2D eigenvalue weighted by Crippen LogP contribution is 2.23. The quantitative estimate of drug-likeness (QED) is 0.832. The predicted octanol–water partition coefficient (Wildman–Crippen LogP) is 3.82. The number of ether oxygens (including phenoxy) is 1. The van der Waals surface area contributed by atoms with Crippen LogP contribution in [0.4, 0.5) is 5.69 Å². The van der Waals surface area contributed by atoms with E-state index in [-0.39, 0.29) is 18.4 Å². The first-order valence-electron chi connectivity index (χ1n) is 9.42. The molecule has 1 heterocycles. The van der Waals surface area contributed by atoms with Gasteiger partial charge < -0.3 is 15.0 Å². The normalized spacial score (nSPS) is 13.9. The van der Waals surface area contributed by atoms with Gasteiger partial charge in [0.05, 0.1) is 0 Å². The second-order valence-electron chi connectivity index (χ2n) is 6.99. The first-order chi connectivity index (χ1) is 13.5. The Morgan fingerprint density at radius 3 is 2.36 bits per heavy atom. The molecule has 0 aliphatic carbocycles. The van der Waals surface area contributed by atoms with Crippen molar-refractivity contribution in [2.24, 2.45) is 0 Å². The van der Waals surface area contributed by atoms with E-state index >= 15 is 0 Å². The zero-order valence-electron chi connectivity index (χ0n) is 16.6. The molecule has 28 heavy (non-hydrogen) atoms. The highest BCUT2D eigenvalue weighted by Gasteiger charge is 2.19. The van der Waals surface area contributed by atoms with E-state index in [1.807, 2.05) is 61.7 Å². The Balaban J connectivity index is 1.61.